The first-order valence-electron chi connectivity index (χ1n) is 6.36. The molecule has 1 rings (SSSR count). The maximum absolute atomic E-state index is 12.2. The molecule has 5 heteroatoms. The van der Waals surface area contributed by atoms with E-state index in [-0.39, 0.29) is 18.7 Å². The molecule has 0 spiro atoms. The van der Waals surface area contributed by atoms with Crippen LogP contribution in [0.3, 0.4) is 0 Å². The SMILES string of the molecule is COCCN(C(=O)CC(C)(C)CC(=O)O)C1CC1. The molecule has 0 bridgehead atoms. The average Bonchev–Trinajstić information content (AvgIpc) is 2.99. The van der Waals surface area contributed by atoms with E-state index in [1.165, 1.54) is 0 Å². The quantitative estimate of drug-likeness (QED) is 0.716. The fourth-order valence-electron chi connectivity index (χ4n) is 2.07. The monoisotopic (exact) mass is 257 g/mol. The third kappa shape index (κ3) is 5.04. The molecule has 0 aromatic rings. The Morgan fingerprint density at radius 1 is 1.33 bits per heavy atom. The number of carbonyl (C=O) groups excluding carboxylic acids is 1. The smallest absolute Gasteiger partial charge is 0.303 e. The van der Waals surface area contributed by atoms with Crippen molar-refractivity contribution < 1.29 is 19.4 Å². The van der Waals surface area contributed by atoms with E-state index in [9.17, 15) is 9.59 Å². The molecule has 1 N–H and O–H groups in total. The third-order valence-electron chi connectivity index (χ3n) is 3.10. The number of rotatable bonds is 8. The molecular formula is C13H23NO4. The van der Waals surface area contributed by atoms with Crippen LogP contribution >= 0.6 is 0 Å². The first-order valence-corrected chi connectivity index (χ1v) is 6.36. The van der Waals surface area contributed by atoms with Crippen LogP contribution in [0.15, 0.2) is 0 Å². The van der Waals surface area contributed by atoms with Gasteiger partial charge in [-0.15, -0.1) is 0 Å². The van der Waals surface area contributed by atoms with Crippen LogP contribution in [0, 0.1) is 5.41 Å². The highest BCUT2D eigenvalue weighted by molar-refractivity contribution is 5.78. The summed E-state index contributed by atoms with van der Waals surface area (Å²) in [5.41, 5.74) is -0.497. The van der Waals surface area contributed by atoms with Gasteiger partial charge in [-0.2, -0.15) is 0 Å². The highest BCUT2D eigenvalue weighted by atomic mass is 16.5. The molecule has 18 heavy (non-hydrogen) atoms. The summed E-state index contributed by atoms with van der Waals surface area (Å²) in [6, 6.07) is 0.341. The molecule has 0 saturated heterocycles. The van der Waals surface area contributed by atoms with E-state index in [1.807, 2.05) is 18.7 Å². The molecule has 1 fully saturated rings. The van der Waals surface area contributed by atoms with Gasteiger partial charge in [0, 0.05) is 26.1 Å². The highest BCUT2D eigenvalue weighted by Crippen LogP contribution is 2.31. The fraction of sp³-hybridized carbons (Fsp3) is 0.846. The molecule has 5 nitrogen and oxygen atoms in total. The zero-order valence-electron chi connectivity index (χ0n) is 11.4. The third-order valence-corrected chi connectivity index (χ3v) is 3.10. The zero-order valence-corrected chi connectivity index (χ0v) is 11.4. The van der Waals surface area contributed by atoms with Crippen molar-refractivity contribution >= 4 is 11.9 Å². The number of methoxy groups -OCH3 is 1. The first kappa shape index (κ1) is 15.0. The van der Waals surface area contributed by atoms with E-state index in [0.29, 0.717) is 19.2 Å². The lowest BCUT2D eigenvalue weighted by Gasteiger charge is -2.28. The lowest BCUT2D eigenvalue weighted by molar-refractivity contribution is -0.141. The molecule has 0 heterocycles. The van der Waals surface area contributed by atoms with Crippen LogP contribution in [0.25, 0.3) is 0 Å². The summed E-state index contributed by atoms with van der Waals surface area (Å²) >= 11 is 0. The van der Waals surface area contributed by atoms with Gasteiger partial charge in [0.25, 0.3) is 0 Å². The second kappa shape index (κ2) is 6.18. The number of carboxylic acids is 1. The molecule has 0 unspecified atom stereocenters. The molecule has 104 valence electrons. The summed E-state index contributed by atoms with van der Waals surface area (Å²) in [7, 11) is 1.61. The van der Waals surface area contributed by atoms with Crippen molar-refractivity contribution in [3.8, 4) is 0 Å². The zero-order chi connectivity index (χ0) is 13.8. The Morgan fingerprint density at radius 2 is 1.94 bits per heavy atom. The van der Waals surface area contributed by atoms with Crippen molar-refractivity contribution in [3.05, 3.63) is 0 Å². The summed E-state index contributed by atoms with van der Waals surface area (Å²) in [5, 5.41) is 8.82. The number of hydrogen-bond acceptors (Lipinski definition) is 3. The van der Waals surface area contributed by atoms with Crippen LogP contribution in [0.2, 0.25) is 0 Å². The summed E-state index contributed by atoms with van der Waals surface area (Å²) in [6.07, 6.45) is 2.39. The molecule has 1 aliphatic rings. The number of carbonyl (C=O) groups is 2. The molecule has 0 radical (unpaired) electrons. The van der Waals surface area contributed by atoms with Crippen LogP contribution in [0.4, 0.5) is 0 Å². The van der Waals surface area contributed by atoms with E-state index in [4.69, 9.17) is 9.84 Å². The molecule has 1 amide bonds. The van der Waals surface area contributed by atoms with Crippen molar-refractivity contribution in [2.75, 3.05) is 20.3 Å². The Kier molecular flexibility index (Phi) is 5.14. The minimum absolute atomic E-state index is 0.0154. The molecule has 1 aliphatic carbocycles. The van der Waals surface area contributed by atoms with E-state index in [2.05, 4.69) is 0 Å². The van der Waals surface area contributed by atoms with E-state index in [1.54, 1.807) is 7.11 Å². The number of hydrogen-bond donors (Lipinski definition) is 1. The molecule has 0 aliphatic heterocycles. The van der Waals surface area contributed by atoms with Gasteiger partial charge in [0.2, 0.25) is 5.91 Å². The fourth-order valence-corrected chi connectivity index (χ4v) is 2.07. The van der Waals surface area contributed by atoms with Crippen LogP contribution in [-0.2, 0) is 14.3 Å². The van der Waals surface area contributed by atoms with Crippen LogP contribution < -0.4 is 0 Å². The van der Waals surface area contributed by atoms with E-state index >= 15 is 0 Å². The number of ether oxygens (including phenoxy) is 1. The van der Waals surface area contributed by atoms with Crippen LogP contribution in [0.5, 0.6) is 0 Å². The van der Waals surface area contributed by atoms with Crippen molar-refractivity contribution in [1.82, 2.24) is 4.90 Å². The van der Waals surface area contributed by atoms with Gasteiger partial charge in [-0.1, -0.05) is 13.8 Å². The second-order valence-corrected chi connectivity index (χ2v) is 5.72. The van der Waals surface area contributed by atoms with Crippen LogP contribution in [0.1, 0.15) is 39.5 Å². The Balaban J connectivity index is 2.52. The number of nitrogens with zero attached hydrogens (tertiary/aromatic N) is 1. The minimum Gasteiger partial charge on any atom is -0.481 e. The molecule has 0 atom stereocenters. The predicted molar refractivity (Wildman–Crippen MR) is 67.3 cm³/mol. The van der Waals surface area contributed by atoms with Gasteiger partial charge in [0.1, 0.15) is 0 Å². The maximum Gasteiger partial charge on any atom is 0.303 e. The van der Waals surface area contributed by atoms with E-state index < -0.39 is 11.4 Å². The summed E-state index contributed by atoms with van der Waals surface area (Å²) in [5.74, 6) is -0.816. The summed E-state index contributed by atoms with van der Waals surface area (Å²) in [4.78, 5) is 24.8. The van der Waals surface area contributed by atoms with E-state index in [0.717, 1.165) is 12.8 Å². The van der Waals surface area contributed by atoms with Crippen molar-refractivity contribution in [3.63, 3.8) is 0 Å². The van der Waals surface area contributed by atoms with Gasteiger partial charge in [0.15, 0.2) is 0 Å². The largest absolute Gasteiger partial charge is 0.481 e. The second-order valence-electron chi connectivity index (χ2n) is 5.72. The lowest BCUT2D eigenvalue weighted by Crippen LogP contribution is -2.38. The first-order chi connectivity index (χ1) is 8.35. The summed E-state index contributed by atoms with van der Waals surface area (Å²) < 4.78 is 5.01. The van der Waals surface area contributed by atoms with Gasteiger partial charge in [-0.25, -0.2) is 0 Å². The van der Waals surface area contributed by atoms with Gasteiger partial charge < -0.3 is 14.7 Å². The molecule has 1 saturated carbocycles. The molecule has 0 aromatic carbocycles. The Hall–Kier alpha value is -1.10. The Bertz CT molecular complexity index is 310. The number of carboxylic acid groups (broad SMARTS) is 1. The maximum atomic E-state index is 12.2. The summed E-state index contributed by atoms with van der Waals surface area (Å²) in [6.45, 7) is 4.77. The van der Waals surface area contributed by atoms with Gasteiger partial charge in [-0.3, -0.25) is 9.59 Å². The van der Waals surface area contributed by atoms with Crippen molar-refractivity contribution in [2.45, 2.75) is 45.6 Å². The average molecular weight is 257 g/mol. The minimum atomic E-state index is -0.859. The van der Waals surface area contributed by atoms with Crippen molar-refractivity contribution in [2.24, 2.45) is 5.41 Å². The van der Waals surface area contributed by atoms with Crippen molar-refractivity contribution in [1.29, 1.82) is 0 Å². The predicted octanol–water partition coefficient (Wildman–Crippen LogP) is 1.51. The lowest BCUT2D eigenvalue weighted by atomic mass is 9.85. The van der Waals surface area contributed by atoms with Gasteiger partial charge >= 0.3 is 5.97 Å². The highest BCUT2D eigenvalue weighted by Gasteiger charge is 2.35. The Morgan fingerprint density at radius 3 is 2.39 bits per heavy atom. The topological polar surface area (TPSA) is 66.8 Å². The molecular weight excluding hydrogens is 234 g/mol. The molecule has 0 aromatic heterocycles. The standard InChI is InChI=1S/C13H23NO4/c1-13(2,9-12(16)17)8-11(15)14(6-7-18-3)10-4-5-10/h10H,4-9H2,1-3H3,(H,16,17). The number of aliphatic carboxylic acids is 1. The van der Waals surface area contributed by atoms with Crippen LogP contribution in [-0.4, -0.2) is 48.2 Å². The Labute approximate surface area is 108 Å². The number of amides is 1. The normalized spacial score (nSPS) is 15.5. The van der Waals surface area contributed by atoms with Gasteiger partial charge in [0.05, 0.1) is 13.0 Å². The van der Waals surface area contributed by atoms with Gasteiger partial charge in [-0.05, 0) is 18.3 Å².